The van der Waals surface area contributed by atoms with E-state index in [0.717, 1.165) is 24.2 Å². The number of aromatic nitrogens is 5. The van der Waals surface area contributed by atoms with Crippen molar-refractivity contribution in [3.63, 3.8) is 0 Å². The molecule has 3 heterocycles. The van der Waals surface area contributed by atoms with Crippen LogP contribution in [0.2, 0.25) is 0 Å². The van der Waals surface area contributed by atoms with E-state index in [4.69, 9.17) is 9.47 Å². The number of benzene rings is 1. The Morgan fingerprint density at radius 3 is 2.57 bits per heavy atom. The second-order valence-corrected chi connectivity index (χ2v) is 7.36. The fraction of sp³-hybridized carbons (Fsp3) is 0.227. The molecule has 0 saturated heterocycles. The Morgan fingerprint density at radius 2 is 1.91 bits per heavy atom. The van der Waals surface area contributed by atoms with Crippen LogP contribution in [0.25, 0.3) is 16.7 Å². The maximum absolute atomic E-state index is 14.0. The van der Waals surface area contributed by atoms with Crippen molar-refractivity contribution in [3.8, 4) is 11.7 Å². The molecule has 10 nitrogen and oxygen atoms in total. The molecule has 0 aliphatic heterocycles. The molecular formula is C22H19F3N6O4. The molecule has 1 aromatic carbocycles. The first-order valence-electron chi connectivity index (χ1n) is 10.2. The van der Waals surface area contributed by atoms with Crippen LogP contribution in [0.4, 0.5) is 13.2 Å². The maximum atomic E-state index is 14.0. The van der Waals surface area contributed by atoms with Gasteiger partial charge >= 0.3 is 12.1 Å². The third kappa shape index (κ3) is 4.78. The third-order valence-corrected chi connectivity index (χ3v) is 5.22. The summed E-state index contributed by atoms with van der Waals surface area (Å²) in [4.78, 5) is 28.4. The van der Waals surface area contributed by atoms with Crippen LogP contribution in [-0.4, -0.2) is 57.1 Å². The molecule has 35 heavy (non-hydrogen) atoms. The van der Waals surface area contributed by atoms with Gasteiger partial charge in [-0.15, -0.1) is 10.2 Å². The minimum atomic E-state index is -4.97. The number of rotatable bonds is 7. The summed E-state index contributed by atoms with van der Waals surface area (Å²) in [5.41, 5.74) is -0.677. The molecule has 1 amide bonds. The zero-order chi connectivity index (χ0) is 25.2. The number of carbonyl (C=O) groups excluding carboxylic acids is 2. The van der Waals surface area contributed by atoms with Gasteiger partial charge in [-0.2, -0.15) is 18.3 Å². The van der Waals surface area contributed by atoms with Crippen molar-refractivity contribution in [2.24, 2.45) is 0 Å². The van der Waals surface area contributed by atoms with Crippen LogP contribution < -0.4 is 10.1 Å². The zero-order valence-corrected chi connectivity index (χ0v) is 18.5. The normalized spacial score (nSPS) is 12.4. The highest BCUT2D eigenvalue weighted by Crippen LogP contribution is 2.33. The molecule has 0 saturated carbocycles. The number of methoxy groups -OCH3 is 2. The van der Waals surface area contributed by atoms with Crippen LogP contribution >= 0.6 is 0 Å². The van der Waals surface area contributed by atoms with Gasteiger partial charge in [-0.05, 0) is 17.7 Å². The van der Waals surface area contributed by atoms with Crippen LogP contribution in [0, 0.1) is 0 Å². The van der Waals surface area contributed by atoms with E-state index < -0.39 is 35.4 Å². The predicted molar refractivity (Wildman–Crippen MR) is 116 cm³/mol. The van der Waals surface area contributed by atoms with Gasteiger partial charge in [0, 0.05) is 29.6 Å². The summed E-state index contributed by atoms with van der Waals surface area (Å²) >= 11 is 0. The number of halogens is 3. The van der Waals surface area contributed by atoms with Gasteiger partial charge in [0.2, 0.25) is 5.88 Å². The molecule has 2 N–H and O–H groups in total. The third-order valence-electron chi connectivity index (χ3n) is 5.22. The highest BCUT2D eigenvalue weighted by Gasteiger charge is 2.41. The quantitative estimate of drug-likeness (QED) is 0.383. The van der Waals surface area contributed by atoms with E-state index in [1.54, 1.807) is 12.3 Å². The summed E-state index contributed by atoms with van der Waals surface area (Å²) in [6, 6.07) is 8.54. The van der Waals surface area contributed by atoms with Crippen molar-refractivity contribution in [2.45, 2.75) is 18.6 Å². The topological polar surface area (TPSA) is 124 Å². The van der Waals surface area contributed by atoms with Crippen molar-refractivity contribution in [3.05, 3.63) is 65.6 Å². The molecule has 0 bridgehead atoms. The van der Waals surface area contributed by atoms with E-state index in [2.05, 4.69) is 25.6 Å². The second-order valence-electron chi connectivity index (χ2n) is 7.36. The maximum Gasteiger partial charge on any atom is 0.434 e. The number of H-pyrrole nitrogens is 1. The second kappa shape index (κ2) is 9.44. The number of esters is 1. The Morgan fingerprint density at radius 1 is 1.14 bits per heavy atom. The summed E-state index contributed by atoms with van der Waals surface area (Å²) in [5.74, 6) is -2.16. The van der Waals surface area contributed by atoms with Gasteiger partial charge in [0.1, 0.15) is 6.04 Å². The van der Waals surface area contributed by atoms with E-state index in [9.17, 15) is 22.8 Å². The molecule has 4 aromatic rings. The molecule has 4 rings (SSSR count). The minimum absolute atomic E-state index is 0.0120. The van der Waals surface area contributed by atoms with Gasteiger partial charge in [-0.25, -0.2) is 9.48 Å². The number of amides is 1. The lowest BCUT2D eigenvalue weighted by atomic mass is 10.0. The highest BCUT2D eigenvalue weighted by atomic mass is 19.4. The largest absolute Gasteiger partial charge is 0.480 e. The van der Waals surface area contributed by atoms with Gasteiger partial charge in [-0.3, -0.25) is 4.79 Å². The number of fused-ring (bicyclic) bond motifs is 1. The molecule has 3 aromatic heterocycles. The number of nitrogens with one attached hydrogen (secondary N) is 2. The van der Waals surface area contributed by atoms with E-state index in [1.165, 1.54) is 19.2 Å². The van der Waals surface area contributed by atoms with E-state index in [0.29, 0.717) is 10.2 Å². The number of hydrogen-bond donors (Lipinski definition) is 2. The average Bonchev–Trinajstić information content (AvgIpc) is 3.48. The fourth-order valence-corrected chi connectivity index (χ4v) is 3.59. The highest BCUT2D eigenvalue weighted by molar-refractivity contribution is 5.98. The predicted octanol–water partition coefficient (Wildman–Crippen LogP) is 2.69. The summed E-state index contributed by atoms with van der Waals surface area (Å²) in [6.45, 7) is 0. The molecular weight excluding hydrogens is 469 g/mol. The van der Waals surface area contributed by atoms with Crippen LogP contribution in [0.15, 0.2) is 48.8 Å². The number of carbonyl (C=O) groups is 2. The summed E-state index contributed by atoms with van der Waals surface area (Å²) in [7, 11) is 2.45. The smallest absolute Gasteiger partial charge is 0.434 e. The average molecular weight is 488 g/mol. The van der Waals surface area contributed by atoms with Crippen molar-refractivity contribution in [1.29, 1.82) is 0 Å². The fourth-order valence-electron chi connectivity index (χ4n) is 3.59. The standard InChI is InChI=1S/C22H19F3N6O4/c1-34-18-8-7-17(29-30-18)31-19(22(23,24)25)14(11-27-31)20(32)28-16(21(33)35-2)9-12-10-26-15-6-4-3-5-13(12)15/h3-8,10-11,16,26H,9H2,1-2H3,(H,28,32)/t16-/m1/s1. The van der Waals surface area contributed by atoms with Gasteiger partial charge in [0.15, 0.2) is 11.5 Å². The molecule has 0 radical (unpaired) electrons. The van der Waals surface area contributed by atoms with E-state index >= 15 is 0 Å². The number of ether oxygens (including phenoxy) is 2. The molecule has 0 unspecified atom stereocenters. The first kappa shape index (κ1) is 23.7. The molecule has 0 aliphatic carbocycles. The first-order chi connectivity index (χ1) is 16.7. The van der Waals surface area contributed by atoms with Crippen molar-refractivity contribution < 1.29 is 32.2 Å². The van der Waals surface area contributed by atoms with Crippen LogP contribution in [-0.2, 0) is 22.1 Å². The van der Waals surface area contributed by atoms with Gasteiger partial charge in [0.05, 0.1) is 26.0 Å². The number of nitrogens with zero attached hydrogens (tertiary/aromatic N) is 4. The summed E-state index contributed by atoms with van der Waals surface area (Å²) < 4.78 is 52.0. The van der Waals surface area contributed by atoms with Gasteiger partial charge in [0.25, 0.3) is 5.91 Å². The Kier molecular flexibility index (Phi) is 6.40. The Bertz CT molecular complexity index is 1360. The monoisotopic (exact) mass is 488 g/mol. The number of alkyl halides is 3. The van der Waals surface area contributed by atoms with E-state index in [-0.39, 0.29) is 18.1 Å². The molecule has 182 valence electrons. The Balaban J connectivity index is 1.66. The number of hydrogen-bond acceptors (Lipinski definition) is 7. The van der Waals surface area contributed by atoms with Crippen LogP contribution in [0.3, 0.4) is 0 Å². The SMILES string of the molecule is COC(=O)[C@@H](Cc1c[nH]c2ccccc12)NC(=O)c1cnn(-c2ccc(OC)nn2)c1C(F)(F)F. The lowest BCUT2D eigenvalue weighted by molar-refractivity contribution is -0.143. The first-order valence-corrected chi connectivity index (χ1v) is 10.2. The molecule has 0 fully saturated rings. The summed E-state index contributed by atoms with van der Waals surface area (Å²) in [6.07, 6.45) is -2.57. The van der Waals surface area contributed by atoms with Crippen LogP contribution in [0.5, 0.6) is 5.88 Å². The lowest BCUT2D eigenvalue weighted by Gasteiger charge is -2.17. The summed E-state index contributed by atoms with van der Waals surface area (Å²) in [5, 5.41) is 14.1. The zero-order valence-electron chi connectivity index (χ0n) is 18.5. The number of para-hydroxylation sites is 1. The minimum Gasteiger partial charge on any atom is -0.480 e. The van der Waals surface area contributed by atoms with Crippen molar-refractivity contribution in [1.82, 2.24) is 30.3 Å². The van der Waals surface area contributed by atoms with E-state index in [1.807, 2.05) is 18.2 Å². The van der Waals surface area contributed by atoms with Gasteiger partial charge in [-0.1, -0.05) is 18.2 Å². The lowest BCUT2D eigenvalue weighted by Crippen LogP contribution is -2.43. The molecule has 0 spiro atoms. The Labute approximate surface area is 196 Å². The van der Waals surface area contributed by atoms with Crippen LogP contribution in [0.1, 0.15) is 21.6 Å². The van der Waals surface area contributed by atoms with Crippen molar-refractivity contribution >= 4 is 22.8 Å². The molecule has 1 atom stereocenters. The Hall–Kier alpha value is -4.42. The molecule has 13 heteroatoms. The van der Waals surface area contributed by atoms with Gasteiger partial charge < -0.3 is 19.8 Å². The van der Waals surface area contributed by atoms with Crippen molar-refractivity contribution in [2.75, 3.05) is 14.2 Å². The molecule has 0 aliphatic rings. The number of aromatic amines is 1.